The van der Waals surface area contributed by atoms with Gasteiger partial charge in [-0.1, -0.05) is 42.5 Å². The molecule has 0 radical (unpaired) electrons. The lowest BCUT2D eigenvalue weighted by Crippen LogP contribution is -2.38. The highest BCUT2D eigenvalue weighted by Crippen LogP contribution is 2.31. The van der Waals surface area contributed by atoms with Crippen LogP contribution in [0.4, 0.5) is 5.69 Å². The summed E-state index contributed by atoms with van der Waals surface area (Å²) in [6, 6.07) is 16.4. The molecule has 1 N–H and O–H groups in total. The molecule has 3 nitrogen and oxygen atoms in total. The highest BCUT2D eigenvalue weighted by atomic mass is 16.4. The molecule has 2 aromatic rings. The van der Waals surface area contributed by atoms with Crippen LogP contribution < -0.4 is 4.90 Å². The molecule has 0 amide bonds. The van der Waals surface area contributed by atoms with E-state index in [0.717, 1.165) is 12.1 Å². The zero-order valence-electron chi connectivity index (χ0n) is 12.1. The van der Waals surface area contributed by atoms with E-state index in [1.807, 2.05) is 30.3 Å². The van der Waals surface area contributed by atoms with Gasteiger partial charge in [-0.25, -0.2) is 0 Å². The van der Waals surface area contributed by atoms with E-state index in [1.54, 1.807) is 0 Å². The van der Waals surface area contributed by atoms with Crippen molar-refractivity contribution in [2.24, 2.45) is 5.92 Å². The molecule has 1 aliphatic heterocycles. The van der Waals surface area contributed by atoms with Crippen molar-refractivity contribution in [3.63, 3.8) is 0 Å². The standard InChI is InChI=1S/C18H19NO2/c1-13-6-2-3-8-15(13)11-19-12-16(18(20)21)10-14-7-4-5-9-17(14)19/h2-9,16H,10-12H2,1H3,(H,20,21). The molecule has 2 aromatic carbocycles. The van der Waals surface area contributed by atoms with E-state index in [0.29, 0.717) is 13.0 Å². The Labute approximate surface area is 124 Å². The van der Waals surface area contributed by atoms with Crippen molar-refractivity contribution in [1.82, 2.24) is 0 Å². The largest absolute Gasteiger partial charge is 0.481 e. The smallest absolute Gasteiger partial charge is 0.308 e. The van der Waals surface area contributed by atoms with Crippen molar-refractivity contribution in [2.45, 2.75) is 19.9 Å². The number of anilines is 1. The number of aliphatic carboxylic acids is 1. The number of carboxylic acid groups (broad SMARTS) is 1. The summed E-state index contributed by atoms with van der Waals surface area (Å²) in [6.45, 7) is 3.42. The average Bonchev–Trinajstić information content (AvgIpc) is 2.49. The van der Waals surface area contributed by atoms with E-state index in [4.69, 9.17) is 0 Å². The maximum Gasteiger partial charge on any atom is 0.308 e. The van der Waals surface area contributed by atoms with Gasteiger partial charge in [0.25, 0.3) is 0 Å². The maximum atomic E-state index is 11.4. The minimum absolute atomic E-state index is 0.330. The number of fused-ring (bicyclic) bond motifs is 1. The number of carbonyl (C=O) groups is 1. The second-order valence-electron chi connectivity index (χ2n) is 5.68. The lowest BCUT2D eigenvalue weighted by Gasteiger charge is -2.35. The number of para-hydroxylation sites is 1. The zero-order chi connectivity index (χ0) is 14.8. The molecule has 0 bridgehead atoms. The van der Waals surface area contributed by atoms with Crippen molar-refractivity contribution in [3.05, 3.63) is 65.2 Å². The van der Waals surface area contributed by atoms with E-state index in [1.165, 1.54) is 16.8 Å². The maximum absolute atomic E-state index is 11.4. The Kier molecular flexibility index (Phi) is 3.65. The van der Waals surface area contributed by atoms with Gasteiger partial charge < -0.3 is 10.0 Å². The fraction of sp³-hybridized carbons (Fsp3) is 0.278. The summed E-state index contributed by atoms with van der Waals surface area (Å²) in [7, 11) is 0. The van der Waals surface area contributed by atoms with Gasteiger partial charge in [0.1, 0.15) is 0 Å². The van der Waals surface area contributed by atoms with Crippen LogP contribution >= 0.6 is 0 Å². The molecule has 0 saturated carbocycles. The Morgan fingerprint density at radius 1 is 1.19 bits per heavy atom. The molecule has 3 heteroatoms. The van der Waals surface area contributed by atoms with Gasteiger partial charge in [0.15, 0.2) is 0 Å². The third-order valence-electron chi connectivity index (χ3n) is 4.21. The van der Waals surface area contributed by atoms with Crippen LogP contribution in [0.5, 0.6) is 0 Å². The van der Waals surface area contributed by atoms with Gasteiger partial charge in [0, 0.05) is 18.8 Å². The fourth-order valence-corrected chi connectivity index (χ4v) is 2.99. The first-order valence-electron chi connectivity index (χ1n) is 7.25. The van der Waals surface area contributed by atoms with E-state index in [2.05, 4.69) is 30.0 Å². The van der Waals surface area contributed by atoms with Gasteiger partial charge in [-0.3, -0.25) is 4.79 Å². The molecule has 1 unspecified atom stereocenters. The van der Waals surface area contributed by atoms with Gasteiger partial charge in [-0.05, 0) is 36.1 Å². The summed E-state index contributed by atoms with van der Waals surface area (Å²) in [5, 5.41) is 9.38. The normalized spacial score (nSPS) is 17.4. The number of hydrogen-bond acceptors (Lipinski definition) is 2. The lowest BCUT2D eigenvalue weighted by molar-refractivity contribution is -0.141. The van der Waals surface area contributed by atoms with Gasteiger partial charge in [-0.15, -0.1) is 0 Å². The molecule has 0 fully saturated rings. The van der Waals surface area contributed by atoms with Crippen LogP contribution in [0.2, 0.25) is 0 Å². The molecule has 0 aliphatic carbocycles. The van der Waals surface area contributed by atoms with E-state index in [9.17, 15) is 9.90 Å². The fourth-order valence-electron chi connectivity index (χ4n) is 2.99. The molecule has 3 rings (SSSR count). The highest BCUT2D eigenvalue weighted by molar-refractivity contribution is 5.74. The lowest BCUT2D eigenvalue weighted by atomic mass is 9.92. The molecular weight excluding hydrogens is 262 g/mol. The van der Waals surface area contributed by atoms with Crippen molar-refractivity contribution in [1.29, 1.82) is 0 Å². The van der Waals surface area contributed by atoms with Crippen molar-refractivity contribution >= 4 is 11.7 Å². The number of rotatable bonds is 3. The molecule has 0 aromatic heterocycles. The summed E-state index contributed by atoms with van der Waals surface area (Å²) in [5.74, 6) is -1.04. The number of aryl methyl sites for hydroxylation is 1. The van der Waals surface area contributed by atoms with Crippen LogP contribution in [0.3, 0.4) is 0 Å². The Hall–Kier alpha value is -2.29. The van der Waals surface area contributed by atoms with E-state index < -0.39 is 5.97 Å². The van der Waals surface area contributed by atoms with Gasteiger partial charge in [0.05, 0.1) is 5.92 Å². The first-order chi connectivity index (χ1) is 10.1. The Morgan fingerprint density at radius 3 is 2.67 bits per heavy atom. The van der Waals surface area contributed by atoms with Crippen LogP contribution in [-0.4, -0.2) is 17.6 Å². The Morgan fingerprint density at radius 2 is 1.90 bits per heavy atom. The minimum atomic E-state index is -0.709. The molecule has 21 heavy (non-hydrogen) atoms. The molecule has 1 heterocycles. The second kappa shape index (κ2) is 5.60. The predicted molar refractivity (Wildman–Crippen MR) is 83.5 cm³/mol. The molecule has 0 spiro atoms. The van der Waals surface area contributed by atoms with E-state index >= 15 is 0 Å². The zero-order valence-corrected chi connectivity index (χ0v) is 12.1. The molecular formula is C18H19NO2. The van der Waals surface area contributed by atoms with Gasteiger partial charge in [0.2, 0.25) is 0 Å². The van der Waals surface area contributed by atoms with Crippen LogP contribution in [-0.2, 0) is 17.8 Å². The summed E-state index contributed by atoms with van der Waals surface area (Å²) in [5.41, 5.74) is 4.79. The third-order valence-corrected chi connectivity index (χ3v) is 4.21. The Bertz CT molecular complexity index is 666. The van der Waals surface area contributed by atoms with Gasteiger partial charge >= 0.3 is 5.97 Å². The second-order valence-corrected chi connectivity index (χ2v) is 5.68. The summed E-state index contributed by atoms with van der Waals surface area (Å²) in [6.07, 6.45) is 0.621. The first kappa shape index (κ1) is 13.7. The van der Waals surface area contributed by atoms with Gasteiger partial charge in [-0.2, -0.15) is 0 Å². The van der Waals surface area contributed by atoms with Crippen LogP contribution in [0.25, 0.3) is 0 Å². The van der Waals surface area contributed by atoms with Crippen molar-refractivity contribution in [2.75, 3.05) is 11.4 Å². The van der Waals surface area contributed by atoms with E-state index in [-0.39, 0.29) is 5.92 Å². The summed E-state index contributed by atoms with van der Waals surface area (Å²) < 4.78 is 0. The number of hydrogen-bond donors (Lipinski definition) is 1. The number of nitrogens with zero attached hydrogens (tertiary/aromatic N) is 1. The Balaban J connectivity index is 1.93. The number of carboxylic acids is 1. The number of benzene rings is 2. The van der Waals surface area contributed by atoms with Crippen molar-refractivity contribution < 1.29 is 9.90 Å². The topological polar surface area (TPSA) is 40.5 Å². The third kappa shape index (κ3) is 2.77. The minimum Gasteiger partial charge on any atom is -0.481 e. The van der Waals surface area contributed by atoms with Crippen LogP contribution in [0.1, 0.15) is 16.7 Å². The van der Waals surface area contributed by atoms with Crippen molar-refractivity contribution in [3.8, 4) is 0 Å². The summed E-state index contributed by atoms with van der Waals surface area (Å²) >= 11 is 0. The summed E-state index contributed by atoms with van der Waals surface area (Å²) in [4.78, 5) is 13.6. The van der Waals surface area contributed by atoms with Crippen LogP contribution in [0.15, 0.2) is 48.5 Å². The SMILES string of the molecule is Cc1ccccc1CN1CC(C(=O)O)Cc2ccccc21. The molecule has 1 atom stereocenters. The van der Waals surface area contributed by atoms with Crippen LogP contribution in [0, 0.1) is 12.8 Å². The molecule has 1 aliphatic rings. The molecule has 108 valence electrons. The molecule has 0 saturated heterocycles. The quantitative estimate of drug-likeness (QED) is 0.938. The highest BCUT2D eigenvalue weighted by Gasteiger charge is 2.28. The first-order valence-corrected chi connectivity index (χ1v) is 7.25. The predicted octanol–water partition coefficient (Wildman–Crippen LogP) is 3.26. The monoisotopic (exact) mass is 281 g/mol. The average molecular weight is 281 g/mol.